The highest BCUT2D eigenvalue weighted by Crippen LogP contribution is 2.33. The standard InChI is InChI=1S/C23H23F4N5OS/c1-13-4-3-9-32(18(13)12-30-22-28-10-16(11-29-22)23(25,26)27)21(33)19-20(34-14(2)31-19)15-5-7-17(24)8-6-15/h5-8,10-11,13,18H,3-4,9,12H2,1-2H3,(H,28,29,30)/t13-,18-/m0/s1. The van der Waals surface area contributed by atoms with Crippen molar-refractivity contribution in [1.82, 2.24) is 19.9 Å². The number of aromatic nitrogens is 3. The van der Waals surface area contributed by atoms with Gasteiger partial charge >= 0.3 is 6.18 Å². The minimum Gasteiger partial charge on any atom is -0.352 e. The van der Waals surface area contributed by atoms with Crippen LogP contribution in [0.4, 0.5) is 23.5 Å². The van der Waals surface area contributed by atoms with Crippen LogP contribution in [0.5, 0.6) is 0 Å². The number of halogens is 4. The van der Waals surface area contributed by atoms with Crippen molar-refractivity contribution in [2.24, 2.45) is 5.92 Å². The average Bonchev–Trinajstić information content (AvgIpc) is 3.19. The lowest BCUT2D eigenvalue weighted by Crippen LogP contribution is -2.51. The van der Waals surface area contributed by atoms with Crippen LogP contribution >= 0.6 is 11.3 Å². The Morgan fingerprint density at radius 1 is 1.21 bits per heavy atom. The Morgan fingerprint density at radius 3 is 2.53 bits per heavy atom. The lowest BCUT2D eigenvalue weighted by Gasteiger charge is -2.40. The molecule has 1 fully saturated rings. The third-order valence-corrected chi connectivity index (χ3v) is 6.89. The summed E-state index contributed by atoms with van der Waals surface area (Å²) in [5.74, 6) is -0.377. The van der Waals surface area contributed by atoms with Crippen molar-refractivity contribution < 1.29 is 22.4 Å². The van der Waals surface area contributed by atoms with Gasteiger partial charge in [-0.1, -0.05) is 19.1 Å². The Bertz CT molecular complexity index is 1150. The van der Waals surface area contributed by atoms with Crippen LogP contribution in [0.25, 0.3) is 10.4 Å². The van der Waals surface area contributed by atoms with Gasteiger partial charge in [-0.2, -0.15) is 13.2 Å². The Balaban J connectivity index is 1.54. The second-order valence-electron chi connectivity index (χ2n) is 8.28. The summed E-state index contributed by atoms with van der Waals surface area (Å²) >= 11 is 1.37. The zero-order valence-electron chi connectivity index (χ0n) is 18.6. The van der Waals surface area contributed by atoms with E-state index in [1.54, 1.807) is 17.0 Å². The summed E-state index contributed by atoms with van der Waals surface area (Å²) in [4.78, 5) is 28.0. The molecule has 3 aromatic rings. The first-order chi connectivity index (χ1) is 16.1. The number of rotatable bonds is 5. The van der Waals surface area contributed by atoms with Gasteiger partial charge in [0.2, 0.25) is 5.95 Å². The number of hydrogen-bond acceptors (Lipinski definition) is 6. The average molecular weight is 494 g/mol. The number of benzene rings is 1. The molecule has 1 amide bonds. The molecular weight excluding hydrogens is 470 g/mol. The summed E-state index contributed by atoms with van der Waals surface area (Å²) in [5.41, 5.74) is 0.111. The van der Waals surface area contributed by atoms with Gasteiger partial charge in [0.1, 0.15) is 11.5 Å². The molecule has 0 unspecified atom stereocenters. The summed E-state index contributed by atoms with van der Waals surface area (Å²) in [6, 6.07) is 5.71. The van der Waals surface area contributed by atoms with E-state index in [-0.39, 0.29) is 36.2 Å². The molecule has 1 saturated heterocycles. The van der Waals surface area contributed by atoms with Gasteiger partial charge in [0, 0.05) is 25.5 Å². The third kappa shape index (κ3) is 5.19. The molecule has 0 aliphatic carbocycles. The summed E-state index contributed by atoms with van der Waals surface area (Å²) in [6.07, 6.45) is -1.31. The Hall–Kier alpha value is -3.08. The van der Waals surface area contributed by atoms with Gasteiger partial charge in [-0.3, -0.25) is 4.79 Å². The molecule has 2 aromatic heterocycles. The second kappa shape index (κ2) is 9.65. The molecule has 0 saturated carbocycles. The molecule has 1 aliphatic rings. The highest BCUT2D eigenvalue weighted by Gasteiger charge is 2.35. The van der Waals surface area contributed by atoms with Gasteiger partial charge in [-0.25, -0.2) is 19.3 Å². The van der Waals surface area contributed by atoms with Crippen LogP contribution in [0.2, 0.25) is 0 Å². The number of alkyl halides is 3. The number of hydrogen-bond donors (Lipinski definition) is 1. The van der Waals surface area contributed by atoms with Crippen LogP contribution < -0.4 is 5.32 Å². The lowest BCUT2D eigenvalue weighted by atomic mass is 9.90. The Morgan fingerprint density at radius 2 is 1.88 bits per heavy atom. The normalized spacial score (nSPS) is 18.7. The number of nitrogens with zero attached hydrogens (tertiary/aromatic N) is 4. The van der Waals surface area contributed by atoms with E-state index in [2.05, 4.69) is 20.3 Å². The van der Waals surface area contributed by atoms with Crippen molar-refractivity contribution in [3.05, 3.63) is 58.7 Å². The highest BCUT2D eigenvalue weighted by molar-refractivity contribution is 7.15. The van der Waals surface area contributed by atoms with Crippen molar-refractivity contribution in [1.29, 1.82) is 0 Å². The van der Waals surface area contributed by atoms with Gasteiger partial charge in [-0.15, -0.1) is 11.3 Å². The molecule has 3 heterocycles. The first-order valence-electron chi connectivity index (χ1n) is 10.8. The molecule has 1 N–H and O–H groups in total. The number of carbonyl (C=O) groups excluding carboxylic acids is 1. The fourth-order valence-corrected chi connectivity index (χ4v) is 4.99. The first kappa shape index (κ1) is 24.1. The van der Waals surface area contributed by atoms with Crippen LogP contribution in [-0.4, -0.2) is 44.9 Å². The van der Waals surface area contributed by atoms with Gasteiger partial charge in [-0.05, 0) is 43.4 Å². The monoisotopic (exact) mass is 493 g/mol. The topological polar surface area (TPSA) is 71.0 Å². The molecule has 1 aliphatic heterocycles. The van der Waals surface area contributed by atoms with Crippen molar-refractivity contribution >= 4 is 23.2 Å². The summed E-state index contributed by atoms with van der Waals surface area (Å²) in [5, 5.41) is 3.70. The third-order valence-electron chi connectivity index (χ3n) is 5.87. The zero-order valence-corrected chi connectivity index (χ0v) is 19.4. The fraction of sp³-hybridized carbons (Fsp3) is 0.391. The maximum atomic E-state index is 13.6. The predicted molar refractivity (Wildman–Crippen MR) is 121 cm³/mol. The van der Waals surface area contributed by atoms with Crippen molar-refractivity contribution in [3.8, 4) is 10.4 Å². The van der Waals surface area contributed by atoms with E-state index in [4.69, 9.17) is 0 Å². The molecule has 4 rings (SSSR count). The molecule has 11 heteroatoms. The molecule has 34 heavy (non-hydrogen) atoms. The Labute approximate surface area is 198 Å². The number of amides is 1. The van der Waals surface area contributed by atoms with Crippen LogP contribution in [0.3, 0.4) is 0 Å². The van der Waals surface area contributed by atoms with Crippen LogP contribution in [-0.2, 0) is 6.18 Å². The maximum Gasteiger partial charge on any atom is 0.419 e. The van der Waals surface area contributed by atoms with E-state index < -0.39 is 11.7 Å². The van der Waals surface area contributed by atoms with Crippen molar-refractivity contribution in [2.75, 3.05) is 18.4 Å². The van der Waals surface area contributed by atoms with E-state index in [1.165, 1.54) is 23.5 Å². The summed E-state index contributed by atoms with van der Waals surface area (Å²) < 4.78 is 51.7. The van der Waals surface area contributed by atoms with Gasteiger partial charge in [0.25, 0.3) is 5.91 Å². The first-order valence-corrected chi connectivity index (χ1v) is 11.6. The second-order valence-corrected chi connectivity index (χ2v) is 9.48. The number of thiazole rings is 1. The quantitative estimate of drug-likeness (QED) is 0.481. The Kier molecular flexibility index (Phi) is 6.83. The van der Waals surface area contributed by atoms with Crippen molar-refractivity contribution in [3.63, 3.8) is 0 Å². The van der Waals surface area contributed by atoms with Crippen LogP contribution in [0, 0.1) is 18.7 Å². The predicted octanol–water partition coefficient (Wildman–Crippen LogP) is 5.42. The van der Waals surface area contributed by atoms with Gasteiger partial charge in [0.05, 0.1) is 21.5 Å². The maximum absolute atomic E-state index is 13.6. The minimum absolute atomic E-state index is 0.0645. The number of nitrogens with one attached hydrogen (secondary N) is 1. The van der Waals surface area contributed by atoms with E-state index in [1.807, 2.05) is 13.8 Å². The minimum atomic E-state index is -4.51. The molecule has 0 spiro atoms. The largest absolute Gasteiger partial charge is 0.419 e. The molecule has 2 atom stereocenters. The van der Waals surface area contributed by atoms with E-state index in [0.717, 1.165) is 30.2 Å². The zero-order chi connectivity index (χ0) is 24.5. The molecular formula is C23H23F4N5OS. The number of likely N-dealkylation sites (tertiary alicyclic amines) is 1. The number of anilines is 1. The molecule has 1 aromatic carbocycles. The number of aryl methyl sites for hydroxylation is 1. The highest BCUT2D eigenvalue weighted by atomic mass is 32.1. The summed E-state index contributed by atoms with van der Waals surface area (Å²) in [7, 11) is 0. The van der Waals surface area contributed by atoms with Crippen LogP contribution in [0.15, 0.2) is 36.7 Å². The van der Waals surface area contributed by atoms with Crippen LogP contribution in [0.1, 0.15) is 40.8 Å². The molecule has 0 radical (unpaired) electrons. The molecule has 0 bridgehead atoms. The fourth-order valence-electron chi connectivity index (χ4n) is 4.08. The van der Waals surface area contributed by atoms with E-state index in [0.29, 0.717) is 22.7 Å². The molecule has 180 valence electrons. The smallest absolute Gasteiger partial charge is 0.352 e. The van der Waals surface area contributed by atoms with Crippen molar-refractivity contribution in [2.45, 2.75) is 38.9 Å². The SMILES string of the molecule is Cc1nc(C(=O)N2CCC[C@H](C)[C@@H]2CNc2ncc(C(F)(F)F)cn2)c(-c2ccc(F)cc2)s1. The van der Waals surface area contributed by atoms with Gasteiger partial charge in [0.15, 0.2) is 0 Å². The summed E-state index contributed by atoms with van der Waals surface area (Å²) in [6.45, 7) is 4.66. The number of piperidine rings is 1. The number of carbonyl (C=O) groups is 1. The molecule has 6 nitrogen and oxygen atoms in total. The van der Waals surface area contributed by atoms with Gasteiger partial charge < -0.3 is 10.2 Å². The van der Waals surface area contributed by atoms with E-state index >= 15 is 0 Å². The lowest BCUT2D eigenvalue weighted by molar-refractivity contribution is -0.138. The van der Waals surface area contributed by atoms with E-state index in [9.17, 15) is 22.4 Å².